The third-order valence-electron chi connectivity index (χ3n) is 5.70. The number of carbonyl (C=O) groups excluding carboxylic acids is 1. The van der Waals surface area contributed by atoms with Crippen molar-refractivity contribution in [3.05, 3.63) is 48.2 Å². The van der Waals surface area contributed by atoms with Gasteiger partial charge in [-0.15, -0.1) is 0 Å². The van der Waals surface area contributed by atoms with Crippen LogP contribution in [0.1, 0.15) is 18.6 Å². The summed E-state index contributed by atoms with van der Waals surface area (Å²) in [5.41, 5.74) is 1.03. The summed E-state index contributed by atoms with van der Waals surface area (Å²) in [6.07, 6.45) is 1.74. The molecule has 2 saturated heterocycles. The minimum atomic E-state index is -2.86. The predicted molar refractivity (Wildman–Crippen MR) is 108 cm³/mol. The molecule has 1 aromatic carbocycles. The normalized spacial score (nSPS) is 22.4. The first kappa shape index (κ1) is 19.2. The first-order valence-electron chi connectivity index (χ1n) is 9.86. The average Bonchev–Trinajstić information content (AvgIpc) is 3.33. The number of aryl methyl sites for hydroxylation is 1. The molecule has 0 saturated carbocycles. The van der Waals surface area contributed by atoms with Crippen LogP contribution in [0.2, 0.25) is 0 Å². The van der Waals surface area contributed by atoms with Gasteiger partial charge in [-0.2, -0.15) is 0 Å². The van der Waals surface area contributed by atoms with Crippen LogP contribution in [-0.4, -0.2) is 67.9 Å². The molecule has 0 spiro atoms. The van der Waals surface area contributed by atoms with Crippen molar-refractivity contribution in [2.75, 3.05) is 37.7 Å². The lowest BCUT2D eigenvalue weighted by atomic mass is 10.1. The Bertz CT molecular complexity index is 915. The van der Waals surface area contributed by atoms with Crippen molar-refractivity contribution in [3.8, 4) is 11.3 Å². The van der Waals surface area contributed by atoms with Crippen molar-refractivity contribution >= 4 is 15.7 Å². The molecule has 2 aromatic rings. The standard InChI is InChI=1S/C21H26N2O4S/c24-21(9-7-19-6-8-20(27-19)17-4-2-1-3-5-17)23-13-11-22(12-14-23)18-10-15-28(25,26)16-18/h1-6,8,18H,7,9-16H2. The van der Waals surface area contributed by atoms with Gasteiger partial charge in [0.05, 0.1) is 11.5 Å². The zero-order chi connectivity index (χ0) is 19.6. The number of benzene rings is 1. The van der Waals surface area contributed by atoms with Gasteiger partial charge in [-0.1, -0.05) is 30.3 Å². The summed E-state index contributed by atoms with van der Waals surface area (Å²) < 4.78 is 29.2. The molecule has 1 unspecified atom stereocenters. The molecule has 4 rings (SSSR count). The third kappa shape index (κ3) is 4.47. The maximum Gasteiger partial charge on any atom is 0.223 e. The Kier molecular flexibility index (Phi) is 5.55. The van der Waals surface area contributed by atoms with Gasteiger partial charge in [0.15, 0.2) is 9.84 Å². The highest BCUT2D eigenvalue weighted by molar-refractivity contribution is 7.91. The molecule has 3 heterocycles. The van der Waals surface area contributed by atoms with E-state index in [0.717, 1.165) is 36.6 Å². The van der Waals surface area contributed by atoms with Crippen LogP contribution in [0.5, 0.6) is 0 Å². The number of nitrogens with zero attached hydrogens (tertiary/aromatic N) is 2. The lowest BCUT2D eigenvalue weighted by Crippen LogP contribution is -2.52. The highest BCUT2D eigenvalue weighted by Gasteiger charge is 2.34. The molecule has 1 aromatic heterocycles. The molecule has 2 aliphatic heterocycles. The molecule has 1 amide bonds. The van der Waals surface area contributed by atoms with Crippen molar-refractivity contribution in [2.45, 2.75) is 25.3 Å². The average molecular weight is 403 g/mol. The molecule has 7 heteroatoms. The molecule has 2 aliphatic rings. The highest BCUT2D eigenvalue weighted by Crippen LogP contribution is 2.23. The van der Waals surface area contributed by atoms with E-state index in [1.54, 1.807) is 0 Å². The van der Waals surface area contributed by atoms with E-state index in [0.29, 0.717) is 31.7 Å². The molecule has 0 N–H and O–H groups in total. The zero-order valence-electron chi connectivity index (χ0n) is 15.9. The summed E-state index contributed by atoms with van der Waals surface area (Å²) >= 11 is 0. The van der Waals surface area contributed by atoms with Gasteiger partial charge in [-0.05, 0) is 18.6 Å². The molecule has 1 atom stereocenters. The van der Waals surface area contributed by atoms with E-state index < -0.39 is 9.84 Å². The summed E-state index contributed by atoms with van der Waals surface area (Å²) in [6.45, 7) is 2.85. The van der Waals surface area contributed by atoms with E-state index in [9.17, 15) is 13.2 Å². The Morgan fingerprint density at radius 3 is 2.46 bits per heavy atom. The second kappa shape index (κ2) is 8.09. The summed E-state index contributed by atoms with van der Waals surface area (Å²) in [5.74, 6) is 2.34. The van der Waals surface area contributed by atoms with Crippen LogP contribution in [0.4, 0.5) is 0 Å². The van der Waals surface area contributed by atoms with E-state index in [1.165, 1.54) is 0 Å². The van der Waals surface area contributed by atoms with Gasteiger partial charge < -0.3 is 9.32 Å². The van der Waals surface area contributed by atoms with Crippen LogP contribution in [0.3, 0.4) is 0 Å². The van der Waals surface area contributed by atoms with Crippen molar-refractivity contribution in [3.63, 3.8) is 0 Å². The van der Waals surface area contributed by atoms with Crippen LogP contribution in [0, 0.1) is 0 Å². The summed E-state index contributed by atoms with van der Waals surface area (Å²) in [6, 6.07) is 13.9. The number of furan rings is 1. The molecule has 0 radical (unpaired) electrons. The van der Waals surface area contributed by atoms with Gasteiger partial charge in [0.2, 0.25) is 5.91 Å². The highest BCUT2D eigenvalue weighted by atomic mass is 32.2. The Balaban J connectivity index is 1.25. The van der Waals surface area contributed by atoms with Gasteiger partial charge in [0.25, 0.3) is 0 Å². The minimum absolute atomic E-state index is 0.127. The second-order valence-electron chi connectivity index (χ2n) is 7.61. The van der Waals surface area contributed by atoms with Crippen molar-refractivity contribution in [2.24, 2.45) is 0 Å². The van der Waals surface area contributed by atoms with E-state index in [-0.39, 0.29) is 17.7 Å². The summed E-state index contributed by atoms with van der Waals surface area (Å²) in [4.78, 5) is 16.7. The summed E-state index contributed by atoms with van der Waals surface area (Å²) in [7, 11) is -2.86. The Morgan fingerprint density at radius 1 is 1.04 bits per heavy atom. The van der Waals surface area contributed by atoms with Gasteiger partial charge in [0.1, 0.15) is 11.5 Å². The largest absolute Gasteiger partial charge is 0.461 e. The topological polar surface area (TPSA) is 70.8 Å². The molecule has 150 valence electrons. The quantitative estimate of drug-likeness (QED) is 0.767. The number of amides is 1. The number of hydrogen-bond donors (Lipinski definition) is 0. The Labute approximate surface area is 166 Å². The van der Waals surface area contributed by atoms with Crippen molar-refractivity contribution in [1.82, 2.24) is 9.80 Å². The first-order valence-corrected chi connectivity index (χ1v) is 11.7. The van der Waals surface area contributed by atoms with E-state index >= 15 is 0 Å². The predicted octanol–water partition coefficient (Wildman–Crippen LogP) is 2.21. The number of hydrogen-bond acceptors (Lipinski definition) is 5. The van der Waals surface area contributed by atoms with Crippen molar-refractivity contribution < 1.29 is 17.6 Å². The smallest absolute Gasteiger partial charge is 0.223 e. The molecule has 2 fully saturated rings. The van der Waals surface area contributed by atoms with E-state index in [1.807, 2.05) is 47.4 Å². The van der Waals surface area contributed by atoms with Crippen LogP contribution >= 0.6 is 0 Å². The van der Waals surface area contributed by atoms with Crippen LogP contribution in [0.25, 0.3) is 11.3 Å². The second-order valence-corrected chi connectivity index (χ2v) is 9.83. The minimum Gasteiger partial charge on any atom is -0.461 e. The molecular formula is C21H26N2O4S. The third-order valence-corrected chi connectivity index (χ3v) is 7.45. The fraction of sp³-hybridized carbons (Fsp3) is 0.476. The Morgan fingerprint density at radius 2 is 1.79 bits per heavy atom. The van der Waals surface area contributed by atoms with Gasteiger partial charge >= 0.3 is 0 Å². The van der Waals surface area contributed by atoms with E-state index in [2.05, 4.69) is 4.90 Å². The molecule has 0 aliphatic carbocycles. The zero-order valence-corrected chi connectivity index (χ0v) is 16.7. The number of sulfone groups is 1. The Hall–Kier alpha value is -2.12. The first-order chi connectivity index (χ1) is 13.5. The van der Waals surface area contributed by atoms with Crippen LogP contribution in [0.15, 0.2) is 46.9 Å². The number of carbonyl (C=O) groups is 1. The molecular weight excluding hydrogens is 376 g/mol. The fourth-order valence-electron chi connectivity index (χ4n) is 4.06. The van der Waals surface area contributed by atoms with Gasteiger partial charge in [0, 0.05) is 50.6 Å². The number of piperazine rings is 1. The molecule has 6 nitrogen and oxygen atoms in total. The SMILES string of the molecule is O=C(CCc1ccc(-c2ccccc2)o1)N1CCN(C2CCS(=O)(=O)C2)CC1. The maximum atomic E-state index is 12.5. The molecule has 28 heavy (non-hydrogen) atoms. The van der Waals surface area contributed by atoms with E-state index in [4.69, 9.17) is 4.42 Å². The monoisotopic (exact) mass is 402 g/mol. The van der Waals surface area contributed by atoms with Gasteiger partial charge in [-0.3, -0.25) is 9.69 Å². The van der Waals surface area contributed by atoms with Gasteiger partial charge in [-0.25, -0.2) is 8.42 Å². The molecule has 0 bridgehead atoms. The maximum absolute atomic E-state index is 12.5. The summed E-state index contributed by atoms with van der Waals surface area (Å²) in [5, 5.41) is 0. The lowest BCUT2D eigenvalue weighted by molar-refractivity contribution is -0.133. The van der Waals surface area contributed by atoms with Crippen LogP contribution in [-0.2, 0) is 21.1 Å². The van der Waals surface area contributed by atoms with Crippen LogP contribution < -0.4 is 0 Å². The fourth-order valence-corrected chi connectivity index (χ4v) is 5.82. The van der Waals surface area contributed by atoms with Crippen molar-refractivity contribution in [1.29, 1.82) is 0 Å². The number of rotatable bonds is 5. The lowest BCUT2D eigenvalue weighted by Gasteiger charge is -2.37.